The van der Waals surface area contributed by atoms with Crippen LogP contribution in [0.4, 0.5) is 0 Å². The highest BCUT2D eigenvalue weighted by Gasteiger charge is 2.26. The van der Waals surface area contributed by atoms with E-state index in [0.717, 1.165) is 43.7 Å². The number of fused-ring (bicyclic) bond motifs is 1. The van der Waals surface area contributed by atoms with Crippen LogP contribution in [0.2, 0.25) is 0 Å². The summed E-state index contributed by atoms with van der Waals surface area (Å²) >= 11 is 0. The average molecular weight is 409 g/mol. The second-order valence-corrected chi connectivity index (χ2v) is 8.32. The van der Waals surface area contributed by atoms with Gasteiger partial charge in [-0.15, -0.1) is 0 Å². The fraction of sp³-hybridized carbons (Fsp3) is 0.214. The molecule has 4 aromatic rings. The molecular formula is C28H28N2O. The Morgan fingerprint density at radius 1 is 0.645 bits per heavy atom. The van der Waals surface area contributed by atoms with Crippen LogP contribution < -0.4 is 0 Å². The molecule has 0 amide bonds. The fourth-order valence-corrected chi connectivity index (χ4v) is 4.78. The molecule has 0 saturated carbocycles. The van der Waals surface area contributed by atoms with Crippen LogP contribution in [-0.4, -0.2) is 41.1 Å². The van der Waals surface area contributed by atoms with Crippen molar-refractivity contribution < 1.29 is 5.11 Å². The van der Waals surface area contributed by atoms with Gasteiger partial charge in [-0.05, 0) is 28.0 Å². The summed E-state index contributed by atoms with van der Waals surface area (Å²) in [6.07, 6.45) is 0. The number of nitrogens with zero attached hydrogens (tertiary/aromatic N) is 2. The third-order valence-electron chi connectivity index (χ3n) is 6.40. The van der Waals surface area contributed by atoms with Crippen molar-refractivity contribution in [1.29, 1.82) is 0 Å². The monoisotopic (exact) mass is 408 g/mol. The first kappa shape index (κ1) is 19.8. The van der Waals surface area contributed by atoms with Crippen molar-refractivity contribution in [3.05, 3.63) is 114 Å². The Morgan fingerprint density at radius 2 is 1.23 bits per heavy atom. The first-order valence-electron chi connectivity index (χ1n) is 11.1. The minimum atomic E-state index is 0.274. The summed E-state index contributed by atoms with van der Waals surface area (Å²) in [4.78, 5) is 5.05. The van der Waals surface area contributed by atoms with Gasteiger partial charge < -0.3 is 5.11 Å². The highest BCUT2D eigenvalue weighted by Crippen LogP contribution is 2.31. The second-order valence-electron chi connectivity index (χ2n) is 8.32. The standard InChI is InChI=1S/C28H28N2O/c31-27-16-15-22-9-7-8-14-25(22)26(27)21-29-17-19-30(20-18-29)28(23-10-3-1-4-11-23)24-12-5-2-6-13-24/h1-16,28,31H,17-21H2. The van der Waals surface area contributed by atoms with Crippen LogP contribution in [0.5, 0.6) is 5.75 Å². The Hall–Kier alpha value is -3.14. The van der Waals surface area contributed by atoms with Gasteiger partial charge >= 0.3 is 0 Å². The van der Waals surface area contributed by atoms with Crippen molar-refractivity contribution in [2.45, 2.75) is 12.6 Å². The maximum absolute atomic E-state index is 10.5. The predicted octanol–water partition coefficient (Wildman–Crippen LogP) is 5.45. The summed E-state index contributed by atoms with van der Waals surface area (Å²) in [5.41, 5.74) is 3.72. The molecule has 0 radical (unpaired) electrons. The quantitative estimate of drug-likeness (QED) is 0.475. The Labute approximate surface area is 184 Å². The molecule has 0 spiro atoms. The topological polar surface area (TPSA) is 26.7 Å². The molecule has 0 unspecified atom stereocenters. The van der Waals surface area contributed by atoms with E-state index in [0.29, 0.717) is 5.75 Å². The number of rotatable bonds is 5. The molecule has 1 aliphatic rings. The lowest BCUT2D eigenvalue weighted by atomic mass is 9.96. The molecule has 156 valence electrons. The second kappa shape index (κ2) is 8.93. The van der Waals surface area contributed by atoms with Crippen LogP contribution in [0.1, 0.15) is 22.7 Å². The number of hydrogen-bond acceptors (Lipinski definition) is 3. The largest absolute Gasteiger partial charge is 0.508 e. The van der Waals surface area contributed by atoms with E-state index in [1.54, 1.807) is 0 Å². The van der Waals surface area contributed by atoms with Gasteiger partial charge in [0.25, 0.3) is 0 Å². The third-order valence-corrected chi connectivity index (χ3v) is 6.40. The maximum atomic E-state index is 10.5. The minimum absolute atomic E-state index is 0.274. The molecule has 3 heteroatoms. The lowest BCUT2D eigenvalue weighted by Gasteiger charge is -2.40. The zero-order chi connectivity index (χ0) is 21.0. The zero-order valence-corrected chi connectivity index (χ0v) is 17.7. The number of phenols is 1. The highest BCUT2D eigenvalue weighted by atomic mass is 16.3. The summed E-state index contributed by atoms with van der Waals surface area (Å²) < 4.78 is 0. The van der Waals surface area contributed by atoms with Crippen LogP contribution in [0.3, 0.4) is 0 Å². The van der Waals surface area contributed by atoms with Gasteiger partial charge in [-0.25, -0.2) is 0 Å². The van der Waals surface area contributed by atoms with Gasteiger partial charge in [-0.2, -0.15) is 0 Å². The number of benzene rings is 4. The van der Waals surface area contributed by atoms with Gasteiger partial charge in [0.05, 0.1) is 6.04 Å². The highest BCUT2D eigenvalue weighted by molar-refractivity contribution is 5.87. The third kappa shape index (κ3) is 4.20. The van der Waals surface area contributed by atoms with Crippen LogP contribution >= 0.6 is 0 Å². The molecule has 1 saturated heterocycles. The summed E-state index contributed by atoms with van der Waals surface area (Å²) in [7, 11) is 0. The molecular weight excluding hydrogens is 380 g/mol. The Kier molecular flexibility index (Phi) is 5.70. The molecule has 4 aromatic carbocycles. The molecule has 0 aromatic heterocycles. The van der Waals surface area contributed by atoms with Gasteiger partial charge in [-0.1, -0.05) is 91.0 Å². The number of piperazine rings is 1. The van der Waals surface area contributed by atoms with Crippen molar-refractivity contribution in [3.63, 3.8) is 0 Å². The molecule has 1 heterocycles. The number of aromatic hydroxyl groups is 1. The first-order valence-corrected chi connectivity index (χ1v) is 11.1. The van der Waals surface area contributed by atoms with Gasteiger partial charge in [0.1, 0.15) is 5.75 Å². The summed E-state index contributed by atoms with van der Waals surface area (Å²) in [6.45, 7) is 4.75. The lowest BCUT2D eigenvalue weighted by Crippen LogP contribution is -2.47. The van der Waals surface area contributed by atoms with Crippen molar-refractivity contribution in [3.8, 4) is 5.75 Å². The Morgan fingerprint density at radius 3 is 1.87 bits per heavy atom. The molecule has 5 rings (SSSR count). The normalized spacial score (nSPS) is 15.5. The summed E-state index contributed by atoms with van der Waals surface area (Å²) in [5, 5.41) is 12.9. The van der Waals surface area contributed by atoms with E-state index in [9.17, 15) is 5.11 Å². The molecule has 0 atom stereocenters. The van der Waals surface area contributed by atoms with E-state index < -0.39 is 0 Å². The molecule has 3 nitrogen and oxygen atoms in total. The van der Waals surface area contributed by atoms with Gasteiger partial charge in [0.2, 0.25) is 0 Å². The molecule has 31 heavy (non-hydrogen) atoms. The van der Waals surface area contributed by atoms with Gasteiger partial charge in [0.15, 0.2) is 0 Å². The van der Waals surface area contributed by atoms with Crippen molar-refractivity contribution in [2.24, 2.45) is 0 Å². The summed E-state index contributed by atoms with van der Waals surface area (Å²) in [5.74, 6) is 0.396. The molecule has 1 N–H and O–H groups in total. The number of hydrogen-bond donors (Lipinski definition) is 1. The van der Waals surface area contributed by atoms with Crippen molar-refractivity contribution in [2.75, 3.05) is 26.2 Å². The molecule has 1 fully saturated rings. The molecule has 0 bridgehead atoms. The van der Waals surface area contributed by atoms with Gasteiger partial charge in [0, 0.05) is 38.3 Å². The zero-order valence-electron chi connectivity index (χ0n) is 17.7. The smallest absolute Gasteiger partial charge is 0.120 e. The Balaban J connectivity index is 1.34. The van der Waals surface area contributed by atoms with Crippen molar-refractivity contribution in [1.82, 2.24) is 9.80 Å². The molecule has 1 aliphatic heterocycles. The van der Waals surface area contributed by atoms with Crippen LogP contribution in [0.15, 0.2) is 97.1 Å². The van der Waals surface area contributed by atoms with E-state index in [-0.39, 0.29) is 6.04 Å². The SMILES string of the molecule is Oc1ccc2ccccc2c1CN1CCN(C(c2ccccc2)c2ccccc2)CC1. The van der Waals surface area contributed by atoms with E-state index in [4.69, 9.17) is 0 Å². The average Bonchev–Trinajstić information content (AvgIpc) is 2.83. The molecule has 0 aliphatic carbocycles. The van der Waals surface area contributed by atoms with Crippen LogP contribution in [0, 0.1) is 0 Å². The predicted molar refractivity (Wildman–Crippen MR) is 127 cm³/mol. The van der Waals surface area contributed by atoms with Gasteiger partial charge in [-0.3, -0.25) is 9.80 Å². The first-order chi connectivity index (χ1) is 15.3. The summed E-state index contributed by atoms with van der Waals surface area (Å²) in [6, 6.07) is 34.0. The van der Waals surface area contributed by atoms with E-state index in [1.165, 1.54) is 16.5 Å². The maximum Gasteiger partial charge on any atom is 0.120 e. The minimum Gasteiger partial charge on any atom is -0.508 e. The van der Waals surface area contributed by atoms with E-state index in [2.05, 4.69) is 88.7 Å². The van der Waals surface area contributed by atoms with E-state index in [1.807, 2.05) is 18.2 Å². The Bertz CT molecular complexity index is 1100. The van der Waals surface area contributed by atoms with Crippen molar-refractivity contribution >= 4 is 10.8 Å². The van der Waals surface area contributed by atoms with Crippen LogP contribution in [-0.2, 0) is 6.54 Å². The fourth-order valence-electron chi connectivity index (χ4n) is 4.78. The van der Waals surface area contributed by atoms with Crippen LogP contribution in [0.25, 0.3) is 10.8 Å². The lowest BCUT2D eigenvalue weighted by molar-refractivity contribution is 0.104. The van der Waals surface area contributed by atoms with E-state index >= 15 is 0 Å². The number of phenolic OH excluding ortho intramolecular Hbond substituents is 1.